The van der Waals surface area contributed by atoms with Crippen molar-refractivity contribution in [3.63, 3.8) is 0 Å². The van der Waals surface area contributed by atoms with Crippen LogP contribution in [0.1, 0.15) is 32.8 Å². The highest BCUT2D eigenvalue weighted by molar-refractivity contribution is 5.53. The van der Waals surface area contributed by atoms with Gasteiger partial charge in [-0.3, -0.25) is 0 Å². The maximum atomic E-state index is 5.77. The molecule has 1 heterocycles. The minimum absolute atomic E-state index is 0.120. The average molecular weight is 284 g/mol. The summed E-state index contributed by atoms with van der Waals surface area (Å²) in [5, 5.41) is 3.56. The Labute approximate surface area is 127 Å². The fraction of sp³-hybridized carbons (Fsp3) is 0.389. The second-order valence-electron chi connectivity index (χ2n) is 5.46. The van der Waals surface area contributed by atoms with Crippen LogP contribution < -0.4 is 10.1 Å². The van der Waals surface area contributed by atoms with Gasteiger partial charge in [-0.15, -0.1) is 0 Å². The van der Waals surface area contributed by atoms with E-state index in [9.17, 15) is 0 Å². The Bertz CT molecular complexity index is 540. The summed E-state index contributed by atoms with van der Waals surface area (Å²) in [7, 11) is 0. The zero-order valence-corrected chi connectivity index (χ0v) is 13.0. The number of rotatable bonds is 7. The van der Waals surface area contributed by atoms with E-state index in [-0.39, 0.29) is 6.10 Å². The van der Waals surface area contributed by atoms with Crippen LogP contribution in [0.5, 0.6) is 5.88 Å². The number of anilines is 1. The molecule has 3 nitrogen and oxygen atoms in total. The van der Waals surface area contributed by atoms with Crippen LogP contribution in [0.4, 0.5) is 5.69 Å². The molecular weight excluding hydrogens is 260 g/mol. The van der Waals surface area contributed by atoms with Crippen molar-refractivity contribution in [1.29, 1.82) is 0 Å². The largest absolute Gasteiger partial charge is 0.473 e. The number of aromatic nitrogens is 1. The number of benzene rings is 1. The third-order valence-corrected chi connectivity index (χ3v) is 3.30. The van der Waals surface area contributed by atoms with Crippen molar-refractivity contribution in [3.8, 4) is 5.88 Å². The van der Waals surface area contributed by atoms with Crippen molar-refractivity contribution in [3.05, 3.63) is 54.2 Å². The Morgan fingerprint density at radius 2 is 1.86 bits per heavy atom. The fourth-order valence-corrected chi connectivity index (χ4v) is 2.23. The molecule has 1 aromatic heterocycles. The summed E-state index contributed by atoms with van der Waals surface area (Å²) >= 11 is 0. The summed E-state index contributed by atoms with van der Waals surface area (Å²) in [6.45, 7) is 6.22. The molecular formula is C18H24N2O. The lowest BCUT2D eigenvalue weighted by molar-refractivity contribution is 0.234. The number of nitrogens with zero attached hydrogens (tertiary/aromatic N) is 1. The third-order valence-electron chi connectivity index (χ3n) is 3.30. The van der Waals surface area contributed by atoms with Gasteiger partial charge in [0.2, 0.25) is 5.88 Å². The average Bonchev–Trinajstić information content (AvgIpc) is 2.49. The Hall–Kier alpha value is -2.03. The van der Waals surface area contributed by atoms with Gasteiger partial charge in [0.05, 0.1) is 11.8 Å². The second-order valence-corrected chi connectivity index (χ2v) is 5.46. The van der Waals surface area contributed by atoms with Crippen LogP contribution in [0.2, 0.25) is 0 Å². The van der Waals surface area contributed by atoms with E-state index in [1.807, 2.05) is 32.0 Å². The first kappa shape index (κ1) is 15.4. The van der Waals surface area contributed by atoms with Crippen LogP contribution in [-0.4, -0.2) is 17.1 Å². The van der Waals surface area contributed by atoms with Crippen LogP contribution >= 0.6 is 0 Å². The predicted octanol–water partition coefficient (Wildman–Crippen LogP) is 4.30. The molecule has 0 spiro atoms. The summed E-state index contributed by atoms with van der Waals surface area (Å²) in [5.74, 6) is 0.680. The minimum Gasteiger partial charge on any atom is -0.473 e. The first-order chi connectivity index (χ1) is 10.2. The molecule has 1 N–H and O–H groups in total. The number of hydrogen-bond donors (Lipinski definition) is 1. The highest BCUT2D eigenvalue weighted by Crippen LogP contribution is 2.24. The van der Waals surface area contributed by atoms with Gasteiger partial charge in [0, 0.05) is 12.2 Å². The molecule has 0 amide bonds. The predicted molar refractivity (Wildman–Crippen MR) is 87.8 cm³/mol. The van der Waals surface area contributed by atoms with E-state index in [4.69, 9.17) is 4.74 Å². The van der Waals surface area contributed by atoms with Crippen molar-refractivity contribution in [2.24, 2.45) is 0 Å². The van der Waals surface area contributed by atoms with Gasteiger partial charge in [-0.2, -0.15) is 0 Å². The second kappa shape index (κ2) is 7.67. The molecule has 2 aromatic rings. The first-order valence-electron chi connectivity index (χ1n) is 7.61. The van der Waals surface area contributed by atoms with Crippen molar-refractivity contribution in [2.45, 2.75) is 45.8 Å². The number of nitrogens with one attached hydrogen (secondary N) is 1. The first-order valence-corrected chi connectivity index (χ1v) is 7.61. The SMILES string of the molecule is CCC(Cc1ccccc1)Nc1cccnc1OC(C)C. The number of pyridine rings is 1. The van der Waals surface area contributed by atoms with E-state index < -0.39 is 0 Å². The van der Waals surface area contributed by atoms with Gasteiger partial charge in [-0.05, 0) is 44.4 Å². The highest BCUT2D eigenvalue weighted by atomic mass is 16.5. The molecule has 0 fully saturated rings. The van der Waals surface area contributed by atoms with Crippen LogP contribution in [-0.2, 0) is 6.42 Å². The molecule has 21 heavy (non-hydrogen) atoms. The van der Waals surface area contributed by atoms with E-state index in [2.05, 4.69) is 41.5 Å². The third kappa shape index (κ3) is 4.78. The number of hydrogen-bond acceptors (Lipinski definition) is 3. The van der Waals surface area contributed by atoms with E-state index in [1.165, 1.54) is 5.56 Å². The monoisotopic (exact) mass is 284 g/mol. The Kier molecular flexibility index (Phi) is 5.61. The van der Waals surface area contributed by atoms with Gasteiger partial charge >= 0.3 is 0 Å². The lowest BCUT2D eigenvalue weighted by atomic mass is 10.0. The van der Waals surface area contributed by atoms with Gasteiger partial charge in [0.15, 0.2) is 0 Å². The molecule has 0 radical (unpaired) electrons. The lowest BCUT2D eigenvalue weighted by Crippen LogP contribution is -2.22. The molecule has 3 heteroatoms. The van der Waals surface area contributed by atoms with Crippen LogP contribution in [0.3, 0.4) is 0 Å². The molecule has 0 bridgehead atoms. The van der Waals surface area contributed by atoms with Crippen LogP contribution in [0, 0.1) is 0 Å². The van der Waals surface area contributed by atoms with Gasteiger partial charge in [0.1, 0.15) is 0 Å². The summed E-state index contributed by atoms with van der Waals surface area (Å²) < 4.78 is 5.77. The molecule has 0 saturated heterocycles. The number of ether oxygens (including phenoxy) is 1. The molecule has 1 atom stereocenters. The Morgan fingerprint density at radius 3 is 2.52 bits per heavy atom. The van der Waals surface area contributed by atoms with E-state index in [1.54, 1.807) is 6.20 Å². The molecule has 0 saturated carbocycles. The van der Waals surface area contributed by atoms with Crippen molar-refractivity contribution in [1.82, 2.24) is 4.98 Å². The summed E-state index contributed by atoms with van der Waals surface area (Å²) in [4.78, 5) is 4.33. The molecule has 1 unspecified atom stereocenters. The van der Waals surface area contributed by atoms with Gasteiger partial charge in [-0.1, -0.05) is 37.3 Å². The topological polar surface area (TPSA) is 34.2 Å². The minimum atomic E-state index is 0.120. The highest BCUT2D eigenvalue weighted by Gasteiger charge is 2.12. The smallest absolute Gasteiger partial charge is 0.237 e. The molecule has 0 aliphatic carbocycles. The molecule has 1 aromatic carbocycles. The summed E-state index contributed by atoms with van der Waals surface area (Å²) in [6, 6.07) is 14.9. The lowest BCUT2D eigenvalue weighted by Gasteiger charge is -2.21. The van der Waals surface area contributed by atoms with Gasteiger partial charge in [0.25, 0.3) is 0 Å². The summed E-state index contributed by atoms with van der Waals surface area (Å²) in [5.41, 5.74) is 2.31. The van der Waals surface area contributed by atoms with Crippen molar-refractivity contribution < 1.29 is 4.74 Å². The van der Waals surface area contributed by atoms with Gasteiger partial charge < -0.3 is 10.1 Å². The summed E-state index contributed by atoms with van der Waals surface area (Å²) in [6.07, 6.45) is 3.92. The Morgan fingerprint density at radius 1 is 1.10 bits per heavy atom. The molecule has 0 aliphatic rings. The van der Waals surface area contributed by atoms with Crippen LogP contribution in [0.15, 0.2) is 48.7 Å². The van der Waals surface area contributed by atoms with E-state index in [0.717, 1.165) is 18.5 Å². The zero-order chi connectivity index (χ0) is 15.1. The van der Waals surface area contributed by atoms with Crippen molar-refractivity contribution in [2.75, 3.05) is 5.32 Å². The van der Waals surface area contributed by atoms with Crippen molar-refractivity contribution >= 4 is 5.69 Å². The Balaban J connectivity index is 2.08. The zero-order valence-electron chi connectivity index (χ0n) is 13.0. The standard InChI is InChI=1S/C18H24N2O/c1-4-16(13-15-9-6-5-7-10-15)20-17-11-8-12-19-18(17)21-14(2)3/h5-12,14,16,20H,4,13H2,1-3H3. The fourth-order valence-electron chi connectivity index (χ4n) is 2.23. The van der Waals surface area contributed by atoms with Crippen LogP contribution in [0.25, 0.3) is 0 Å². The molecule has 2 rings (SSSR count). The van der Waals surface area contributed by atoms with E-state index >= 15 is 0 Å². The maximum absolute atomic E-state index is 5.77. The normalized spacial score (nSPS) is 12.2. The quantitative estimate of drug-likeness (QED) is 0.823. The van der Waals surface area contributed by atoms with Gasteiger partial charge in [-0.25, -0.2) is 4.98 Å². The molecule has 0 aliphatic heterocycles. The van der Waals surface area contributed by atoms with E-state index in [0.29, 0.717) is 11.9 Å². The molecule has 112 valence electrons. The maximum Gasteiger partial charge on any atom is 0.237 e.